The van der Waals surface area contributed by atoms with E-state index in [1.807, 2.05) is 13.8 Å². The molecule has 2 heterocycles. The number of rotatable bonds is 4. The zero-order valence-corrected chi connectivity index (χ0v) is 13.9. The summed E-state index contributed by atoms with van der Waals surface area (Å²) in [5, 5.41) is 9.91. The van der Waals surface area contributed by atoms with Gasteiger partial charge in [0, 0.05) is 22.0 Å². The van der Waals surface area contributed by atoms with Crippen LogP contribution in [-0.4, -0.2) is 9.97 Å². The van der Waals surface area contributed by atoms with E-state index in [0.29, 0.717) is 0 Å². The van der Waals surface area contributed by atoms with Crippen molar-refractivity contribution in [2.75, 3.05) is 5.32 Å². The third kappa shape index (κ3) is 3.31. The SMILES string of the molecule is Cc1nc(-c2cccc(NC(C)c3csc(C)n3)c2)cs1. The standard InChI is InChI=1S/C16H17N3S2/c1-10(15-8-20-11(2)18-15)17-14-6-4-5-13(7-14)16-9-21-12(3)19-16/h4-10,17H,1-3H3. The molecule has 0 aliphatic heterocycles. The summed E-state index contributed by atoms with van der Waals surface area (Å²) >= 11 is 3.36. The highest BCUT2D eigenvalue weighted by molar-refractivity contribution is 7.10. The number of hydrogen-bond acceptors (Lipinski definition) is 5. The Bertz CT molecular complexity index is 745. The summed E-state index contributed by atoms with van der Waals surface area (Å²) < 4.78 is 0. The Morgan fingerprint density at radius 3 is 2.48 bits per heavy atom. The van der Waals surface area contributed by atoms with E-state index in [1.54, 1.807) is 22.7 Å². The Morgan fingerprint density at radius 1 is 1.05 bits per heavy atom. The van der Waals surface area contributed by atoms with E-state index in [2.05, 4.69) is 57.2 Å². The predicted octanol–water partition coefficient (Wildman–Crippen LogP) is 5.06. The van der Waals surface area contributed by atoms with Gasteiger partial charge in [0.25, 0.3) is 0 Å². The maximum atomic E-state index is 4.54. The summed E-state index contributed by atoms with van der Waals surface area (Å²) in [6.45, 7) is 6.20. The Morgan fingerprint density at radius 2 is 1.81 bits per heavy atom. The van der Waals surface area contributed by atoms with E-state index >= 15 is 0 Å². The minimum atomic E-state index is 0.197. The highest BCUT2D eigenvalue weighted by atomic mass is 32.1. The smallest absolute Gasteiger partial charge is 0.0901 e. The van der Waals surface area contributed by atoms with Gasteiger partial charge in [0.1, 0.15) is 0 Å². The van der Waals surface area contributed by atoms with E-state index in [-0.39, 0.29) is 6.04 Å². The van der Waals surface area contributed by atoms with Gasteiger partial charge in [-0.25, -0.2) is 9.97 Å². The molecule has 21 heavy (non-hydrogen) atoms. The molecule has 2 aromatic heterocycles. The molecule has 1 N–H and O–H groups in total. The van der Waals surface area contributed by atoms with E-state index in [9.17, 15) is 0 Å². The minimum absolute atomic E-state index is 0.197. The molecule has 0 spiro atoms. The number of anilines is 1. The van der Waals surface area contributed by atoms with Crippen molar-refractivity contribution in [2.24, 2.45) is 0 Å². The monoisotopic (exact) mass is 315 g/mol. The van der Waals surface area contributed by atoms with Crippen LogP contribution in [0, 0.1) is 13.8 Å². The molecule has 0 amide bonds. The molecule has 3 rings (SSSR count). The Labute approximate surface area is 132 Å². The molecule has 1 aromatic carbocycles. The van der Waals surface area contributed by atoms with E-state index in [4.69, 9.17) is 0 Å². The largest absolute Gasteiger partial charge is 0.377 e. The van der Waals surface area contributed by atoms with Crippen LogP contribution in [-0.2, 0) is 0 Å². The summed E-state index contributed by atoms with van der Waals surface area (Å²) in [7, 11) is 0. The molecule has 0 fully saturated rings. The van der Waals surface area contributed by atoms with Crippen molar-refractivity contribution in [1.29, 1.82) is 0 Å². The summed E-state index contributed by atoms with van der Waals surface area (Å²) in [6, 6.07) is 8.58. The molecule has 0 aliphatic rings. The van der Waals surface area contributed by atoms with Gasteiger partial charge in [0.15, 0.2) is 0 Å². The molecular formula is C16H17N3S2. The van der Waals surface area contributed by atoms with Crippen molar-refractivity contribution in [3.05, 3.63) is 50.7 Å². The minimum Gasteiger partial charge on any atom is -0.377 e. The fourth-order valence-electron chi connectivity index (χ4n) is 2.17. The first-order chi connectivity index (χ1) is 10.1. The van der Waals surface area contributed by atoms with Gasteiger partial charge < -0.3 is 5.32 Å². The van der Waals surface area contributed by atoms with Gasteiger partial charge in [-0.1, -0.05) is 12.1 Å². The Kier molecular flexibility index (Phi) is 4.03. The number of thiazole rings is 2. The van der Waals surface area contributed by atoms with Crippen LogP contribution in [0.25, 0.3) is 11.3 Å². The number of aromatic nitrogens is 2. The van der Waals surface area contributed by atoms with Crippen LogP contribution in [0.4, 0.5) is 5.69 Å². The predicted molar refractivity (Wildman–Crippen MR) is 91.2 cm³/mol. The van der Waals surface area contributed by atoms with Crippen molar-refractivity contribution in [3.8, 4) is 11.3 Å². The molecule has 108 valence electrons. The molecule has 3 aromatic rings. The van der Waals surface area contributed by atoms with E-state index in [0.717, 1.165) is 32.7 Å². The first-order valence-electron chi connectivity index (χ1n) is 6.83. The highest BCUT2D eigenvalue weighted by Crippen LogP contribution is 2.26. The fraction of sp³-hybridized carbons (Fsp3) is 0.250. The molecule has 3 nitrogen and oxygen atoms in total. The van der Waals surface area contributed by atoms with Gasteiger partial charge in [0.2, 0.25) is 0 Å². The van der Waals surface area contributed by atoms with Crippen LogP contribution in [0.3, 0.4) is 0 Å². The molecule has 1 atom stereocenters. The second-order valence-electron chi connectivity index (χ2n) is 4.99. The average molecular weight is 315 g/mol. The number of benzene rings is 1. The first-order valence-corrected chi connectivity index (χ1v) is 8.59. The lowest BCUT2D eigenvalue weighted by Crippen LogP contribution is -2.07. The zero-order valence-electron chi connectivity index (χ0n) is 12.3. The third-order valence-electron chi connectivity index (χ3n) is 3.24. The van der Waals surface area contributed by atoms with Crippen molar-refractivity contribution < 1.29 is 0 Å². The van der Waals surface area contributed by atoms with E-state index in [1.165, 1.54) is 0 Å². The van der Waals surface area contributed by atoms with Crippen molar-refractivity contribution >= 4 is 28.4 Å². The Balaban J connectivity index is 1.80. The van der Waals surface area contributed by atoms with E-state index < -0.39 is 0 Å². The van der Waals surface area contributed by atoms with Crippen LogP contribution < -0.4 is 5.32 Å². The van der Waals surface area contributed by atoms with Gasteiger partial charge >= 0.3 is 0 Å². The number of aryl methyl sites for hydroxylation is 2. The van der Waals surface area contributed by atoms with Gasteiger partial charge in [-0.15, -0.1) is 22.7 Å². The van der Waals surface area contributed by atoms with Crippen LogP contribution in [0.5, 0.6) is 0 Å². The summed E-state index contributed by atoms with van der Waals surface area (Å²) in [5.74, 6) is 0. The molecule has 0 saturated carbocycles. The quantitative estimate of drug-likeness (QED) is 0.731. The second kappa shape index (κ2) is 5.95. The van der Waals surface area contributed by atoms with Crippen LogP contribution in [0.2, 0.25) is 0 Å². The lowest BCUT2D eigenvalue weighted by molar-refractivity contribution is 0.845. The topological polar surface area (TPSA) is 37.8 Å². The zero-order chi connectivity index (χ0) is 14.8. The number of nitrogens with zero attached hydrogens (tertiary/aromatic N) is 2. The normalized spacial score (nSPS) is 12.3. The van der Waals surface area contributed by atoms with Crippen molar-refractivity contribution in [3.63, 3.8) is 0 Å². The van der Waals surface area contributed by atoms with Gasteiger partial charge in [0.05, 0.1) is 27.4 Å². The van der Waals surface area contributed by atoms with Gasteiger partial charge in [-0.05, 0) is 32.9 Å². The fourth-order valence-corrected chi connectivity index (χ4v) is 3.50. The molecule has 0 aliphatic carbocycles. The third-order valence-corrected chi connectivity index (χ3v) is 4.81. The summed E-state index contributed by atoms with van der Waals surface area (Å²) in [4.78, 5) is 9.08. The summed E-state index contributed by atoms with van der Waals surface area (Å²) in [5.41, 5.74) is 4.37. The highest BCUT2D eigenvalue weighted by Gasteiger charge is 2.09. The number of nitrogens with one attached hydrogen (secondary N) is 1. The Hall–Kier alpha value is -1.72. The molecule has 0 radical (unpaired) electrons. The molecular weight excluding hydrogens is 298 g/mol. The van der Waals surface area contributed by atoms with Gasteiger partial charge in [-0.3, -0.25) is 0 Å². The molecule has 1 unspecified atom stereocenters. The maximum Gasteiger partial charge on any atom is 0.0901 e. The average Bonchev–Trinajstić information content (AvgIpc) is 3.08. The second-order valence-corrected chi connectivity index (χ2v) is 7.11. The molecule has 0 saturated heterocycles. The van der Waals surface area contributed by atoms with Crippen molar-refractivity contribution in [2.45, 2.75) is 26.8 Å². The van der Waals surface area contributed by atoms with Crippen LogP contribution in [0.1, 0.15) is 28.7 Å². The molecule has 5 heteroatoms. The summed E-state index contributed by atoms with van der Waals surface area (Å²) in [6.07, 6.45) is 0. The van der Waals surface area contributed by atoms with Crippen LogP contribution in [0.15, 0.2) is 35.0 Å². The lowest BCUT2D eigenvalue weighted by Gasteiger charge is -2.13. The number of hydrogen-bond donors (Lipinski definition) is 1. The van der Waals surface area contributed by atoms with Gasteiger partial charge in [-0.2, -0.15) is 0 Å². The lowest BCUT2D eigenvalue weighted by atomic mass is 10.1. The maximum absolute atomic E-state index is 4.54. The first kappa shape index (κ1) is 14.2. The van der Waals surface area contributed by atoms with Crippen LogP contribution >= 0.6 is 22.7 Å². The van der Waals surface area contributed by atoms with Crippen molar-refractivity contribution in [1.82, 2.24) is 9.97 Å². The molecule has 0 bridgehead atoms.